The van der Waals surface area contributed by atoms with Gasteiger partial charge in [-0.05, 0) is 37.0 Å². The number of carbonyl (C=O) groups excluding carboxylic acids is 1. The van der Waals surface area contributed by atoms with E-state index >= 15 is 0 Å². The van der Waals surface area contributed by atoms with Gasteiger partial charge >= 0.3 is 0 Å². The molecule has 1 rings (SSSR count). The zero-order valence-electron chi connectivity index (χ0n) is 8.00. The van der Waals surface area contributed by atoms with Crippen LogP contribution in [-0.2, 0) is 6.42 Å². The van der Waals surface area contributed by atoms with Crippen molar-refractivity contribution in [2.45, 2.75) is 20.3 Å². The third-order valence-electron chi connectivity index (χ3n) is 2.39. The van der Waals surface area contributed by atoms with Crippen LogP contribution in [0.2, 0.25) is 0 Å². The fraction of sp³-hybridized carbons (Fsp3) is 0.364. The SMILES string of the molecule is Cc1ccc(C=O)c(CCO)c1C. The third kappa shape index (κ3) is 1.95. The highest BCUT2D eigenvalue weighted by molar-refractivity contribution is 5.78. The number of aliphatic hydroxyl groups excluding tert-OH is 1. The molecule has 0 aliphatic heterocycles. The first kappa shape index (κ1) is 9.93. The Hall–Kier alpha value is -1.15. The predicted molar refractivity (Wildman–Crippen MR) is 52.1 cm³/mol. The van der Waals surface area contributed by atoms with Gasteiger partial charge in [0, 0.05) is 12.2 Å². The Labute approximate surface area is 78.2 Å². The fourth-order valence-electron chi connectivity index (χ4n) is 1.45. The summed E-state index contributed by atoms with van der Waals surface area (Å²) in [5.74, 6) is 0. The molecule has 0 fully saturated rings. The lowest BCUT2D eigenvalue weighted by molar-refractivity contribution is 0.112. The van der Waals surface area contributed by atoms with Crippen LogP contribution in [-0.4, -0.2) is 18.0 Å². The Morgan fingerprint density at radius 2 is 2.08 bits per heavy atom. The first-order valence-electron chi connectivity index (χ1n) is 4.35. The molecule has 1 aromatic carbocycles. The van der Waals surface area contributed by atoms with Crippen molar-refractivity contribution in [1.29, 1.82) is 0 Å². The molecule has 1 N–H and O–H groups in total. The van der Waals surface area contributed by atoms with Crippen molar-refractivity contribution in [3.63, 3.8) is 0 Å². The standard InChI is InChI=1S/C11H14O2/c1-8-3-4-10(7-13)11(5-6-12)9(8)2/h3-4,7,12H,5-6H2,1-2H3. The van der Waals surface area contributed by atoms with Gasteiger partial charge in [-0.25, -0.2) is 0 Å². The van der Waals surface area contributed by atoms with E-state index in [0.29, 0.717) is 12.0 Å². The number of aliphatic hydroxyl groups is 1. The molecule has 0 bridgehead atoms. The van der Waals surface area contributed by atoms with Crippen molar-refractivity contribution in [3.8, 4) is 0 Å². The molecular formula is C11H14O2. The molecule has 0 aliphatic carbocycles. The Balaban J connectivity index is 3.23. The monoisotopic (exact) mass is 178 g/mol. The topological polar surface area (TPSA) is 37.3 Å². The number of carbonyl (C=O) groups is 1. The highest BCUT2D eigenvalue weighted by Gasteiger charge is 2.06. The third-order valence-corrected chi connectivity index (χ3v) is 2.39. The van der Waals surface area contributed by atoms with Crippen molar-refractivity contribution in [1.82, 2.24) is 0 Å². The average molecular weight is 178 g/mol. The number of hydrogen-bond acceptors (Lipinski definition) is 2. The molecule has 0 unspecified atom stereocenters. The van der Waals surface area contributed by atoms with Crippen molar-refractivity contribution >= 4 is 6.29 Å². The van der Waals surface area contributed by atoms with Gasteiger partial charge < -0.3 is 5.11 Å². The molecule has 1 aromatic rings. The number of aryl methyl sites for hydroxylation is 1. The van der Waals surface area contributed by atoms with Crippen molar-refractivity contribution in [3.05, 3.63) is 34.4 Å². The number of benzene rings is 1. The second-order valence-corrected chi connectivity index (χ2v) is 3.17. The molecule has 0 radical (unpaired) electrons. The van der Waals surface area contributed by atoms with Gasteiger partial charge in [-0.1, -0.05) is 12.1 Å². The molecule has 13 heavy (non-hydrogen) atoms. The highest BCUT2D eigenvalue weighted by atomic mass is 16.3. The summed E-state index contributed by atoms with van der Waals surface area (Å²) in [7, 11) is 0. The van der Waals surface area contributed by atoms with E-state index in [2.05, 4.69) is 0 Å². The molecule has 0 aromatic heterocycles. The molecule has 2 heteroatoms. The van der Waals surface area contributed by atoms with Crippen molar-refractivity contribution in [2.24, 2.45) is 0 Å². The van der Waals surface area contributed by atoms with Crippen LogP contribution in [0.5, 0.6) is 0 Å². The van der Waals surface area contributed by atoms with Crippen LogP contribution in [0.4, 0.5) is 0 Å². The van der Waals surface area contributed by atoms with Crippen LogP contribution in [0, 0.1) is 13.8 Å². The van der Waals surface area contributed by atoms with E-state index in [-0.39, 0.29) is 6.61 Å². The minimum atomic E-state index is 0.0884. The molecule has 0 heterocycles. The van der Waals surface area contributed by atoms with E-state index in [1.54, 1.807) is 6.07 Å². The zero-order valence-corrected chi connectivity index (χ0v) is 8.00. The summed E-state index contributed by atoms with van der Waals surface area (Å²) in [4.78, 5) is 10.7. The minimum absolute atomic E-state index is 0.0884. The largest absolute Gasteiger partial charge is 0.396 e. The second kappa shape index (κ2) is 4.19. The summed E-state index contributed by atoms with van der Waals surface area (Å²) >= 11 is 0. The minimum Gasteiger partial charge on any atom is -0.396 e. The van der Waals surface area contributed by atoms with Gasteiger partial charge in [-0.15, -0.1) is 0 Å². The van der Waals surface area contributed by atoms with Crippen LogP contribution < -0.4 is 0 Å². The van der Waals surface area contributed by atoms with Crippen molar-refractivity contribution < 1.29 is 9.90 Å². The quantitative estimate of drug-likeness (QED) is 0.714. The molecule has 0 spiro atoms. The maximum absolute atomic E-state index is 10.7. The summed E-state index contributed by atoms with van der Waals surface area (Å²) in [5.41, 5.74) is 3.93. The van der Waals surface area contributed by atoms with E-state index in [1.165, 1.54) is 0 Å². The van der Waals surface area contributed by atoms with E-state index in [0.717, 1.165) is 23.0 Å². The average Bonchev–Trinajstić information content (AvgIpc) is 2.14. The summed E-state index contributed by atoms with van der Waals surface area (Å²) in [6.45, 7) is 4.07. The van der Waals surface area contributed by atoms with Gasteiger partial charge in [-0.2, -0.15) is 0 Å². The van der Waals surface area contributed by atoms with Crippen LogP contribution in [0.15, 0.2) is 12.1 Å². The maximum Gasteiger partial charge on any atom is 0.150 e. The van der Waals surface area contributed by atoms with E-state index < -0.39 is 0 Å². The van der Waals surface area contributed by atoms with Crippen LogP contribution in [0.3, 0.4) is 0 Å². The van der Waals surface area contributed by atoms with Crippen LogP contribution >= 0.6 is 0 Å². The van der Waals surface area contributed by atoms with Gasteiger partial charge in [0.15, 0.2) is 0 Å². The lowest BCUT2D eigenvalue weighted by Gasteiger charge is -2.09. The normalized spacial score (nSPS) is 10.1. The molecule has 0 aliphatic rings. The highest BCUT2D eigenvalue weighted by Crippen LogP contribution is 2.17. The first-order valence-corrected chi connectivity index (χ1v) is 4.35. The van der Waals surface area contributed by atoms with E-state index in [9.17, 15) is 4.79 Å². The summed E-state index contributed by atoms with van der Waals surface area (Å²) in [6.07, 6.45) is 1.40. The molecule has 0 atom stereocenters. The summed E-state index contributed by atoms with van der Waals surface area (Å²) in [6, 6.07) is 3.74. The molecule has 0 amide bonds. The lowest BCUT2D eigenvalue weighted by Crippen LogP contribution is -2.01. The second-order valence-electron chi connectivity index (χ2n) is 3.17. The zero-order chi connectivity index (χ0) is 9.84. The predicted octanol–water partition coefficient (Wildman–Crippen LogP) is 1.65. The Morgan fingerprint density at radius 3 is 2.62 bits per heavy atom. The number of hydrogen-bond donors (Lipinski definition) is 1. The Morgan fingerprint density at radius 1 is 1.38 bits per heavy atom. The fourth-order valence-corrected chi connectivity index (χ4v) is 1.45. The molecule has 2 nitrogen and oxygen atoms in total. The van der Waals surface area contributed by atoms with E-state index in [1.807, 2.05) is 19.9 Å². The summed E-state index contributed by atoms with van der Waals surface area (Å²) < 4.78 is 0. The van der Waals surface area contributed by atoms with Gasteiger partial charge in [-0.3, -0.25) is 4.79 Å². The smallest absolute Gasteiger partial charge is 0.150 e. The van der Waals surface area contributed by atoms with Gasteiger partial charge in [0.05, 0.1) is 0 Å². The molecule has 0 saturated heterocycles. The number of aldehydes is 1. The molecule has 0 saturated carbocycles. The van der Waals surface area contributed by atoms with E-state index in [4.69, 9.17) is 5.11 Å². The van der Waals surface area contributed by atoms with Crippen molar-refractivity contribution in [2.75, 3.05) is 6.61 Å². The molecular weight excluding hydrogens is 164 g/mol. The Bertz CT molecular complexity index is 316. The maximum atomic E-state index is 10.7. The number of rotatable bonds is 3. The van der Waals surface area contributed by atoms with Crippen LogP contribution in [0.25, 0.3) is 0 Å². The van der Waals surface area contributed by atoms with Gasteiger partial charge in [0.25, 0.3) is 0 Å². The Kier molecular flexibility index (Phi) is 3.20. The summed E-state index contributed by atoms with van der Waals surface area (Å²) in [5, 5.41) is 8.84. The van der Waals surface area contributed by atoms with Gasteiger partial charge in [0.1, 0.15) is 6.29 Å². The first-order chi connectivity index (χ1) is 6.20. The molecule has 70 valence electrons. The van der Waals surface area contributed by atoms with Gasteiger partial charge in [0.2, 0.25) is 0 Å². The van der Waals surface area contributed by atoms with Crippen LogP contribution in [0.1, 0.15) is 27.0 Å². The lowest BCUT2D eigenvalue weighted by atomic mass is 9.96.